The van der Waals surface area contributed by atoms with Crippen molar-refractivity contribution >= 4 is 35.0 Å². The fourth-order valence-electron chi connectivity index (χ4n) is 1.74. The van der Waals surface area contributed by atoms with Crippen molar-refractivity contribution in [3.8, 4) is 6.07 Å². The number of nitrogens with one attached hydrogen (secondary N) is 1. The zero-order valence-electron chi connectivity index (χ0n) is 12.0. The van der Waals surface area contributed by atoms with Crippen LogP contribution in [0.5, 0.6) is 0 Å². The van der Waals surface area contributed by atoms with E-state index >= 15 is 0 Å². The third-order valence-electron chi connectivity index (χ3n) is 2.77. The van der Waals surface area contributed by atoms with E-state index in [1.54, 1.807) is 12.5 Å². The first-order chi connectivity index (χ1) is 10.3. The molecule has 0 aliphatic carbocycles. The lowest BCUT2D eigenvalue weighted by Gasteiger charge is -2.13. The molecule has 118 valence electrons. The van der Waals surface area contributed by atoms with Crippen LogP contribution in [0.3, 0.4) is 0 Å². The molecule has 1 aromatic rings. The number of nitriles is 1. The number of carbonyl (C=O) groups excluding carboxylic acids is 1. The molecule has 0 radical (unpaired) electrons. The smallest absolute Gasteiger partial charge is 0.388 e. The third-order valence-corrected chi connectivity index (χ3v) is 4.92. The molecule has 0 bridgehead atoms. The normalized spacial score (nSPS) is 10.8. The number of carbonyl (C=O) groups is 1. The predicted molar refractivity (Wildman–Crippen MR) is 85.0 cm³/mol. The first kappa shape index (κ1) is 18.5. The number of rotatable bonds is 5. The summed E-state index contributed by atoms with van der Waals surface area (Å²) in [4.78, 5) is 12.4. The van der Waals surface area contributed by atoms with Gasteiger partial charge in [0.2, 0.25) is 5.78 Å². The molecule has 0 spiro atoms. The number of thioether (sulfide) groups is 2. The van der Waals surface area contributed by atoms with Gasteiger partial charge >= 0.3 is 6.18 Å². The Morgan fingerprint density at radius 1 is 1.27 bits per heavy atom. The average Bonchev–Trinajstić information content (AvgIpc) is 2.50. The van der Waals surface area contributed by atoms with Crippen molar-refractivity contribution < 1.29 is 18.0 Å². The SMILES string of the molecule is CNc1cc(C(F)(F)F)ccc1C(=O)C(C#N)=C(SC)SC. The van der Waals surface area contributed by atoms with Crippen LogP contribution in [0.25, 0.3) is 0 Å². The molecule has 1 N–H and O–H groups in total. The summed E-state index contributed by atoms with van der Waals surface area (Å²) in [5, 5.41) is 11.8. The summed E-state index contributed by atoms with van der Waals surface area (Å²) < 4.78 is 38.7. The van der Waals surface area contributed by atoms with Gasteiger partial charge in [-0.15, -0.1) is 23.5 Å². The van der Waals surface area contributed by atoms with Crippen molar-refractivity contribution in [3.63, 3.8) is 0 Å². The molecule has 22 heavy (non-hydrogen) atoms. The van der Waals surface area contributed by atoms with E-state index in [0.29, 0.717) is 4.24 Å². The van der Waals surface area contributed by atoms with Crippen molar-refractivity contribution in [1.82, 2.24) is 0 Å². The molecule has 0 aliphatic rings. The van der Waals surface area contributed by atoms with Gasteiger partial charge in [-0.25, -0.2) is 0 Å². The van der Waals surface area contributed by atoms with Crippen molar-refractivity contribution in [2.24, 2.45) is 0 Å². The monoisotopic (exact) mass is 346 g/mol. The first-order valence-electron chi connectivity index (χ1n) is 5.96. The minimum absolute atomic E-state index is 0.0349. The highest BCUT2D eigenvalue weighted by atomic mass is 32.2. The molecule has 8 heteroatoms. The van der Waals surface area contributed by atoms with Gasteiger partial charge in [0, 0.05) is 18.3 Å². The summed E-state index contributed by atoms with van der Waals surface area (Å²) in [6.45, 7) is 0. The van der Waals surface area contributed by atoms with Crippen LogP contribution in [0.1, 0.15) is 15.9 Å². The third kappa shape index (κ3) is 3.99. The van der Waals surface area contributed by atoms with Crippen LogP contribution in [0.15, 0.2) is 28.0 Å². The molecule has 0 fully saturated rings. The Morgan fingerprint density at radius 2 is 1.86 bits per heavy atom. The number of ketones is 1. The van der Waals surface area contributed by atoms with Crippen LogP contribution in [0.4, 0.5) is 18.9 Å². The number of hydrogen-bond acceptors (Lipinski definition) is 5. The number of Topliss-reactive ketones (excluding diaryl/α,β-unsaturated/α-hetero) is 1. The number of anilines is 1. The Kier molecular flexibility index (Phi) is 6.38. The highest BCUT2D eigenvalue weighted by molar-refractivity contribution is 8.21. The molecule has 0 atom stereocenters. The van der Waals surface area contributed by atoms with Crippen LogP contribution in [-0.4, -0.2) is 25.3 Å². The summed E-state index contributed by atoms with van der Waals surface area (Å²) in [5.41, 5.74) is -0.858. The molecule has 0 saturated heterocycles. The maximum absolute atomic E-state index is 12.7. The lowest BCUT2D eigenvalue weighted by Crippen LogP contribution is -2.11. The van der Waals surface area contributed by atoms with Crippen LogP contribution >= 0.6 is 23.5 Å². The summed E-state index contributed by atoms with van der Waals surface area (Å²) in [7, 11) is 1.42. The predicted octanol–water partition coefficient (Wildman–Crippen LogP) is 4.39. The second-order valence-electron chi connectivity index (χ2n) is 4.02. The van der Waals surface area contributed by atoms with Crippen molar-refractivity contribution in [2.75, 3.05) is 24.9 Å². The Balaban J connectivity index is 3.42. The van der Waals surface area contributed by atoms with Gasteiger partial charge in [0.05, 0.1) is 9.80 Å². The molecule has 1 aromatic carbocycles. The minimum atomic E-state index is -4.50. The molecule has 1 rings (SSSR count). The largest absolute Gasteiger partial charge is 0.416 e. The average molecular weight is 346 g/mol. The molecule has 0 unspecified atom stereocenters. The van der Waals surface area contributed by atoms with E-state index in [-0.39, 0.29) is 16.8 Å². The standard InChI is InChI=1S/C14H13F3N2OS2/c1-19-11-6-8(14(15,16)17)4-5-9(11)12(20)10(7-18)13(21-2)22-3/h4-6,19H,1-3H3. The number of benzene rings is 1. The lowest BCUT2D eigenvalue weighted by molar-refractivity contribution is -0.137. The molecular weight excluding hydrogens is 333 g/mol. The van der Waals surface area contributed by atoms with Gasteiger partial charge in [0.15, 0.2) is 0 Å². The van der Waals surface area contributed by atoms with Gasteiger partial charge in [0.25, 0.3) is 0 Å². The summed E-state index contributed by atoms with van der Waals surface area (Å²) in [6, 6.07) is 4.62. The zero-order chi connectivity index (χ0) is 16.9. The van der Waals surface area contributed by atoms with Crippen LogP contribution in [0, 0.1) is 11.3 Å². The zero-order valence-corrected chi connectivity index (χ0v) is 13.7. The lowest BCUT2D eigenvalue weighted by atomic mass is 10.0. The molecule has 3 nitrogen and oxygen atoms in total. The molecule has 0 saturated carbocycles. The van der Waals surface area contributed by atoms with E-state index in [1.807, 2.05) is 6.07 Å². The van der Waals surface area contributed by atoms with Crippen LogP contribution in [-0.2, 0) is 6.18 Å². The van der Waals surface area contributed by atoms with Crippen LogP contribution in [0.2, 0.25) is 0 Å². The van der Waals surface area contributed by atoms with Gasteiger partial charge < -0.3 is 5.32 Å². The number of allylic oxidation sites excluding steroid dienone is 1. The Labute approximate surface area is 135 Å². The first-order valence-corrected chi connectivity index (χ1v) is 8.41. The summed E-state index contributed by atoms with van der Waals surface area (Å²) in [5.74, 6) is -0.598. The highest BCUT2D eigenvalue weighted by Gasteiger charge is 2.32. The molecule has 0 aliphatic heterocycles. The quantitative estimate of drug-likeness (QED) is 0.487. The molecule has 0 amide bonds. The van der Waals surface area contributed by atoms with Crippen LogP contribution < -0.4 is 5.32 Å². The van der Waals surface area contributed by atoms with E-state index in [1.165, 1.54) is 30.6 Å². The highest BCUT2D eigenvalue weighted by Crippen LogP contribution is 2.34. The van der Waals surface area contributed by atoms with Crippen molar-refractivity contribution in [3.05, 3.63) is 39.1 Å². The van der Waals surface area contributed by atoms with Crippen molar-refractivity contribution in [1.29, 1.82) is 5.26 Å². The summed E-state index contributed by atoms with van der Waals surface area (Å²) >= 11 is 2.49. The summed E-state index contributed by atoms with van der Waals surface area (Å²) in [6.07, 6.45) is -1.05. The maximum atomic E-state index is 12.7. The maximum Gasteiger partial charge on any atom is 0.416 e. The number of alkyl halides is 3. The molecule has 0 heterocycles. The minimum Gasteiger partial charge on any atom is -0.388 e. The number of nitrogens with zero attached hydrogens (tertiary/aromatic N) is 1. The van der Waals surface area contributed by atoms with Gasteiger partial charge in [0.1, 0.15) is 11.6 Å². The Hall–Kier alpha value is -1.59. The van der Waals surface area contributed by atoms with Gasteiger partial charge in [-0.3, -0.25) is 4.79 Å². The van der Waals surface area contributed by atoms with Gasteiger partial charge in [-0.2, -0.15) is 18.4 Å². The number of halogens is 3. The fourth-order valence-corrected chi connectivity index (χ4v) is 3.09. The van der Waals surface area contributed by atoms with Gasteiger partial charge in [-0.05, 0) is 30.7 Å². The Morgan fingerprint density at radius 3 is 2.27 bits per heavy atom. The van der Waals surface area contributed by atoms with E-state index < -0.39 is 17.5 Å². The Bertz CT molecular complexity index is 642. The topological polar surface area (TPSA) is 52.9 Å². The molecule has 0 aromatic heterocycles. The van der Waals surface area contributed by atoms with E-state index in [9.17, 15) is 23.2 Å². The van der Waals surface area contributed by atoms with E-state index in [0.717, 1.165) is 18.2 Å². The molecular formula is C14H13F3N2OS2. The fraction of sp³-hybridized carbons (Fsp3) is 0.286. The van der Waals surface area contributed by atoms with Gasteiger partial charge in [-0.1, -0.05) is 0 Å². The number of hydrogen-bond donors (Lipinski definition) is 1. The second kappa shape index (κ2) is 7.61. The van der Waals surface area contributed by atoms with Crippen molar-refractivity contribution in [2.45, 2.75) is 6.18 Å². The van der Waals surface area contributed by atoms with E-state index in [2.05, 4.69) is 5.32 Å². The second-order valence-corrected chi connectivity index (χ2v) is 5.91. The van der Waals surface area contributed by atoms with E-state index in [4.69, 9.17) is 0 Å².